The van der Waals surface area contributed by atoms with Gasteiger partial charge < -0.3 is 9.14 Å². The first-order valence-electron chi connectivity index (χ1n) is 8.60. The van der Waals surface area contributed by atoms with Gasteiger partial charge in [-0.1, -0.05) is 54.6 Å². The Bertz CT molecular complexity index is 1370. The molecule has 0 N–H and O–H groups in total. The number of aromatic nitrogens is 1. The number of carbonyl (C=O) groups is 1. The summed E-state index contributed by atoms with van der Waals surface area (Å²) in [6, 6.07) is 23.9. The quantitative estimate of drug-likeness (QED) is 0.421. The van der Waals surface area contributed by atoms with E-state index in [0.29, 0.717) is 11.1 Å². The molecule has 27 heavy (non-hydrogen) atoms. The molecule has 5 rings (SSSR count). The first-order chi connectivity index (χ1) is 13.2. The van der Waals surface area contributed by atoms with Crippen molar-refractivity contribution in [1.82, 2.24) is 4.40 Å². The minimum Gasteiger partial charge on any atom is -0.465 e. The first-order valence-corrected chi connectivity index (χ1v) is 8.60. The Kier molecular flexibility index (Phi) is 3.19. The van der Waals surface area contributed by atoms with Crippen LogP contribution >= 0.6 is 0 Å². The van der Waals surface area contributed by atoms with E-state index in [-0.39, 0.29) is 0 Å². The molecule has 3 aromatic heterocycles. The zero-order valence-corrected chi connectivity index (χ0v) is 14.6. The molecule has 0 aliphatic carbocycles. The second-order valence-electron chi connectivity index (χ2n) is 6.46. The van der Waals surface area contributed by atoms with Crippen molar-refractivity contribution in [3.05, 3.63) is 77.9 Å². The summed E-state index contributed by atoms with van der Waals surface area (Å²) in [5, 5.41) is 12.1. The smallest absolute Gasteiger partial charge is 0.338 e. The molecule has 2 aromatic carbocycles. The molecule has 0 atom stereocenters. The summed E-state index contributed by atoms with van der Waals surface area (Å²) in [6.45, 7) is 0. The lowest BCUT2D eigenvalue weighted by molar-refractivity contribution is 0.0601. The normalized spacial score (nSPS) is 11.3. The molecule has 0 saturated heterocycles. The molecular weight excluding hydrogens is 336 g/mol. The predicted octanol–water partition coefficient (Wildman–Crippen LogP) is 5.01. The molecule has 4 heteroatoms. The van der Waals surface area contributed by atoms with Crippen LogP contribution in [0.2, 0.25) is 0 Å². The van der Waals surface area contributed by atoms with Crippen molar-refractivity contribution in [3.8, 4) is 17.2 Å². The molecule has 0 aliphatic rings. The van der Waals surface area contributed by atoms with E-state index in [0.717, 1.165) is 38.4 Å². The Morgan fingerprint density at radius 1 is 0.963 bits per heavy atom. The van der Waals surface area contributed by atoms with Gasteiger partial charge in [0.05, 0.1) is 34.8 Å². The third-order valence-electron chi connectivity index (χ3n) is 5.09. The molecule has 3 heterocycles. The lowest BCUT2D eigenvalue weighted by Gasteiger charge is -2.03. The topological polar surface area (TPSA) is 54.5 Å². The molecule has 0 aliphatic heterocycles. The van der Waals surface area contributed by atoms with Crippen LogP contribution in [0.1, 0.15) is 15.9 Å². The van der Waals surface area contributed by atoms with Gasteiger partial charge in [0.1, 0.15) is 6.07 Å². The highest BCUT2D eigenvalue weighted by atomic mass is 16.5. The second-order valence-corrected chi connectivity index (χ2v) is 6.46. The van der Waals surface area contributed by atoms with Gasteiger partial charge in [0.25, 0.3) is 0 Å². The van der Waals surface area contributed by atoms with Gasteiger partial charge in [-0.05, 0) is 17.7 Å². The van der Waals surface area contributed by atoms with Crippen LogP contribution in [0, 0.1) is 11.3 Å². The monoisotopic (exact) mass is 350 g/mol. The number of ether oxygens (including phenoxy) is 1. The van der Waals surface area contributed by atoms with Crippen LogP contribution in [0.4, 0.5) is 0 Å². The summed E-state index contributed by atoms with van der Waals surface area (Å²) in [6.07, 6.45) is 0. The lowest BCUT2D eigenvalue weighted by Crippen LogP contribution is -2.02. The van der Waals surface area contributed by atoms with Crippen LogP contribution < -0.4 is 0 Å². The minimum atomic E-state index is -0.411. The zero-order valence-electron chi connectivity index (χ0n) is 14.6. The molecule has 0 saturated carbocycles. The van der Waals surface area contributed by atoms with Gasteiger partial charge in [0.2, 0.25) is 0 Å². The fourth-order valence-electron chi connectivity index (χ4n) is 3.98. The van der Waals surface area contributed by atoms with E-state index in [9.17, 15) is 10.1 Å². The number of pyridine rings is 1. The van der Waals surface area contributed by atoms with E-state index in [1.54, 1.807) is 6.07 Å². The van der Waals surface area contributed by atoms with Crippen LogP contribution in [0.5, 0.6) is 0 Å². The van der Waals surface area contributed by atoms with E-state index < -0.39 is 5.97 Å². The summed E-state index contributed by atoms with van der Waals surface area (Å²) in [4.78, 5) is 12.2. The molecule has 0 unspecified atom stereocenters. The van der Waals surface area contributed by atoms with Crippen LogP contribution in [0.3, 0.4) is 0 Å². The van der Waals surface area contributed by atoms with Crippen LogP contribution in [-0.2, 0) is 4.74 Å². The van der Waals surface area contributed by atoms with Gasteiger partial charge in [0.15, 0.2) is 0 Å². The fraction of sp³-hybridized carbons (Fsp3) is 0.0435. The van der Waals surface area contributed by atoms with Crippen molar-refractivity contribution in [2.24, 2.45) is 0 Å². The summed E-state index contributed by atoms with van der Waals surface area (Å²) in [5.74, 6) is -0.411. The number of esters is 1. The van der Waals surface area contributed by atoms with Gasteiger partial charge in [-0.3, -0.25) is 0 Å². The van der Waals surface area contributed by atoms with Crippen molar-refractivity contribution >= 4 is 33.3 Å². The number of hydrogen-bond donors (Lipinski definition) is 0. The van der Waals surface area contributed by atoms with Crippen molar-refractivity contribution in [3.63, 3.8) is 0 Å². The lowest BCUT2D eigenvalue weighted by atomic mass is 9.99. The van der Waals surface area contributed by atoms with Gasteiger partial charge >= 0.3 is 5.97 Å². The molecule has 0 radical (unpaired) electrons. The summed E-state index contributed by atoms with van der Waals surface area (Å²) < 4.78 is 7.00. The van der Waals surface area contributed by atoms with Crippen LogP contribution in [0.25, 0.3) is 38.4 Å². The average Bonchev–Trinajstić information content (AvgIpc) is 3.24. The summed E-state index contributed by atoms with van der Waals surface area (Å²) in [5.41, 5.74) is 5.50. The maximum atomic E-state index is 12.2. The van der Waals surface area contributed by atoms with Gasteiger partial charge in [-0.25, -0.2) is 4.79 Å². The molecule has 0 amide bonds. The Morgan fingerprint density at radius 3 is 2.33 bits per heavy atom. The number of rotatable bonds is 2. The molecule has 128 valence electrons. The third-order valence-corrected chi connectivity index (χ3v) is 5.09. The highest BCUT2D eigenvalue weighted by molar-refractivity contribution is 6.17. The number of carbonyl (C=O) groups excluding carboxylic acids is 1. The standard InChI is InChI=1S/C23H14N2O2/c1-27-23(26)15-11-19-16-9-5-6-10-17(16)22-21(14-7-3-2-4-8-14)18(13-24)20(12-15)25(19)22/h2-12H,1H3. The molecular formula is C23H14N2O2. The van der Waals surface area contributed by atoms with Crippen molar-refractivity contribution in [1.29, 1.82) is 5.26 Å². The maximum absolute atomic E-state index is 12.2. The number of methoxy groups -OCH3 is 1. The number of benzene rings is 2. The van der Waals surface area contributed by atoms with E-state index in [1.165, 1.54) is 7.11 Å². The van der Waals surface area contributed by atoms with Crippen molar-refractivity contribution in [2.75, 3.05) is 7.11 Å². The molecule has 5 aromatic rings. The highest BCUT2D eigenvalue weighted by Crippen LogP contribution is 2.42. The van der Waals surface area contributed by atoms with E-state index >= 15 is 0 Å². The molecule has 4 nitrogen and oxygen atoms in total. The summed E-state index contributed by atoms with van der Waals surface area (Å²) >= 11 is 0. The van der Waals surface area contributed by atoms with E-state index in [4.69, 9.17) is 4.74 Å². The van der Waals surface area contributed by atoms with E-state index in [2.05, 4.69) is 16.5 Å². The molecule has 0 fully saturated rings. The largest absolute Gasteiger partial charge is 0.465 e. The Morgan fingerprint density at radius 2 is 1.63 bits per heavy atom. The number of nitrogens with zero attached hydrogens (tertiary/aromatic N) is 2. The number of hydrogen-bond acceptors (Lipinski definition) is 3. The number of fused-ring (bicyclic) bond motifs is 3. The summed E-state index contributed by atoms with van der Waals surface area (Å²) in [7, 11) is 1.37. The highest BCUT2D eigenvalue weighted by Gasteiger charge is 2.24. The van der Waals surface area contributed by atoms with Crippen LogP contribution in [0.15, 0.2) is 66.7 Å². The van der Waals surface area contributed by atoms with E-state index in [1.807, 2.05) is 54.6 Å². The Balaban J connectivity index is 2.07. The van der Waals surface area contributed by atoms with Gasteiger partial charge in [-0.15, -0.1) is 0 Å². The van der Waals surface area contributed by atoms with Crippen molar-refractivity contribution < 1.29 is 9.53 Å². The average molecular weight is 350 g/mol. The van der Waals surface area contributed by atoms with Crippen molar-refractivity contribution in [2.45, 2.75) is 0 Å². The minimum absolute atomic E-state index is 0.411. The van der Waals surface area contributed by atoms with Gasteiger partial charge in [0, 0.05) is 16.3 Å². The van der Waals surface area contributed by atoms with Gasteiger partial charge in [-0.2, -0.15) is 5.26 Å². The predicted molar refractivity (Wildman–Crippen MR) is 105 cm³/mol. The number of nitriles is 1. The van der Waals surface area contributed by atoms with Crippen LogP contribution in [-0.4, -0.2) is 17.5 Å². The Hall–Kier alpha value is -3.84. The fourth-order valence-corrected chi connectivity index (χ4v) is 3.98. The molecule has 0 spiro atoms. The first kappa shape index (κ1) is 15.4. The molecule has 0 bridgehead atoms. The maximum Gasteiger partial charge on any atom is 0.338 e. The third kappa shape index (κ3) is 2.00. The Labute approximate surface area is 155 Å². The second kappa shape index (κ2) is 5.58. The SMILES string of the molecule is COC(=O)c1cc2c(C#N)c(-c3ccccc3)c3c4ccccc4c(c1)n23. The zero-order chi connectivity index (χ0) is 18.5.